The van der Waals surface area contributed by atoms with Crippen LogP contribution in [0, 0.1) is 0 Å². The van der Waals surface area contributed by atoms with Crippen molar-refractivity contribution in [2.45, 2.75) is 6.61 Å². The van der Waals surface area contributed by atoms with Gasteiger partial charge in [-0.1, -0.05) is 29.3 Å². The first-order chi connectivity index (χ1) is 8.16. The molecular weight excluding hydrogens is 325 g/mol. The Morgan fingerprint density at radius 2 is 1.88 bits per heavy atom. The van der Waals surface area contributed by atoms with Crippen molar-refractivity contribution in [3.8, 4) is 5.75 Å². The molecule has 0 aliphatic carbocycles. The molecule has 0 spiro atoms. The Balaban J connectivity index is 2.13. The number of halogens is 3. The second-order valence-electron chi connectivity index (χ2n) is 3.33. The first kappa shape index (κ1) is 12.7. The van der Waals surface area contributed by atoms with Gasteiger partial charge in [0.25, 0.3) is 0 Å². The summed E-state index contributed by atoms with van der Waals surface area (Å²) >= 11 is 15.4. The number of ether oxygens (including phenoxy) is 1. The van der Waals surface area contributed by atoms with Crippen molar-refractivity contribution >= 4 is 39.1 Å². The molecule has 0 saturated heterocycles. The van der Waals surface area contributed by atoms with Gasteiger partial charge in [0.1, 0.15) is 12.4 Å². The smallest absolute Gasteiger partial charge is 0.139 e. The predicted molar refractivity (Wildman–Crippen MR) is 72.7 cm³/mol. The molecule has 17 heavy (non-hydrogen) atoms. The molecule has 5 heteroatoms. The highest BCUT2D eigenvalue weighted by Crippen LogP contribution is 2.26. The van der Waals surface area contributed by atoms with E-state index >= 15 is 0 Å². The van der Waals surface area contributed by atoms with E-state index in [0.717, 1.165) is 10.0 Å². The highest BCUT2D eigenvalue weighted by molar-refractivity contribution is 9.10. The Kier molecular flexibility index (Phi) is 4.26. The van der Waals surface area contributed by atoms with Crippen LogP contribution >= 0.6 is 39.1 Å². The van der Waals surface area contributed by atoms with Gasteiger partial charge in [0.2, 0.25) is 0 Å². The largest absolute Gasteiger partial charge is 0.487 e. The van der Waals surface area contributed by atoms with E-state index in [1.807, 2.05) is 6.07 Å². The monoisotopic (exact) mass is 331 g/mol. The quantitative estimate of drug-likeness (QED) is 0.810. The van der Waals surface area contributed by atoms with Crippen LogP contribution in [-0.2, 0) is 6.61 Å². The number of aromatic nitrogens is 1. The van der Waals surface area contributed by atoms with E-state index in [1.54, 1.807) is 30.6 Å². The van der Waals surface area contributed by atoms with Crippen LogP contribution in [0.25, 0.3) is 0 Å². The Morgan fingerprint density at radius 1 is 1.18 bits per heavy atom. The molecule has 0 aliphatic rings. The van der Waals surface area contributed by atoms with Crippen LogP contribution < -0.4 is 4.74 Å². The molecule has 2 aromatic rings. The van der Waals surface area contributed by atoms with E-state index in [1.165, 1.54) is 0 Å². The van der Waals surface area contributed by atoms with E-state index in [4.69, 9.17) is 27.9 Å². The van der Waals surface area contributed by atoms with Gasteiger partial charge < -0.3 is 4.74 Å². The lowest BCUT2D eigenvalue weighted by Crippen LogP contribution is -1.97. The first-order valence-electron chi connectivity index (χ1n) is 4.83. The molecule has 1 aromatic carbocycles. The van der Waals surface area contributed by atoms with E-state index < -0.39 is 0 Å². The second kappa shape index (κ2) is 5.71. The Bertz CT molecular complexity index is 513. The minimum absolute atomic E-state index is 0.316. The van der Waals surface area contributed by atoms with Crippen LogP contribution in [-0.4, -0.2) is 4.98 Å². The topological polar surface area (TPSA) is 22.1 Å². The SMILES string of the molecule is Clc1cccc(Cl)c1COc1cncc(Br)c1. The average molecular weight is 333 g/mol. The summed E-state index contributed by atoms with van der Waals surface area (Å²) in [7, 11) is 0. The van der Waals surface area contributed by atoms with Gasteiger partial charge in [-0.25, -0.2) is 0 Å². The predicted octanol–water partition coefficient (Wildman–Crippen LogP) is 4.73. The standard InChI is InChI=1S/C12H8BrCl2NO/c13-8-4-9(6-16-5-8)17-7-10-11(14)2-1-3-12(10)15/h1-6H,7H2. The molecule has 88 valence electrons. The highest BCUT2D eigenvalue weighted by Gasteiger charge is 2.06. The fourth-order valence-electron chi connectivity index (χ4n) is 1.30. The average Bonchev–Trinajstić information content (AvgIpc) is 2.28. The summed E-state index contributed by atoms with van der Waals surface area (Å²) in [6, 6.07) is 7.20. The van der Waals surface area contributed by atoms with Crippen molar-refractivity contribution in [2.24, 2.45) is 0 Å². The molecule has 0 fully saturated rings. The maximum Gasteiger partial charge on any atom is 0.139 e. The van der Waals surface area contributed by atoms with Crippen molar-refractivity contribution in [3.05, 3.63) is 56.7 Å². The van der Waals surface area contributed by atoms with Gasteiger partial charge in [0, 0.05) is 26.3 Å². The van der Waals surface area contributed by atoms with E-state index in [-0.39, 0.29) is 0 Å². The van der Waals surface area contributed by atoms with Crippen LogP contribution in [0.3, 0.4) is 0 Å². The molecule has 1 heterocycles. The molecule has 2 rings (SSSR count). The molecule has 0 saturated carbocycles. The Labute approximate surface area is 118 Å². The van der Waals surface area contributed by atoms with Gasteiger partial charge in [-0.05, 0) is 34.1 Å². The lowest BCUT2D eigenvalue weighted by Gasteiger charge is -2.09. The van der Waals surface area contributed by atoms with Crippen molar-refractivity contribution in [1.82, 2.24) is 4.98 Å². The van der Waals surface area contributed by atoms with Gasteiger partial charge >= 0.3 is 0 Å². The number of hydrogen-bond donors (Lipinski definition) is 0. The lowest BCUT2D eigenvalue weighted by molar-refractivity contribution is 0.305. The van der Waals surface area contributed by atoms with E-state index in [9.17, 15) is 0 Å². The molecular formula is C12H8BrCl2NO. The summed E-state index contributed by atoms with van der Waals surface area (Å²) in [4.78, 5) is 4.00. The van der Waals surface area contributed by atoms with Crippen molar-refractivity contribution < 1.29 is 4.74 Å². The normalized spacial score (nSPS) is 10.3. The summed E-state index contributed by atoms with van der Waals surface area (Å²) in [6.45, 7) is 0.316. The number of rotatable bonds is 3. The van der Waals surface area contributed by atoms with Gasteiger partial charge in [-0.15, -0.1) is 0 Å². The number of benzene rings is 1. The molecule has 1 aromatic heterocycles. The molecule has 0 N–H and O–H groups in total. The van der Waals surface area contributed by atoms with Crippen molar-refractivity contribution in [2.75, 3.05) is 0 Å². The van der Waals surface area contributed by atoms with Gasteiger partial charge in [-0.3, -0.25) is 4.98 Å². The summed E-state index contributed by atoms with van der Waals surface area (Å²) in [5, 5.41) is 1.20. The third-order valence-electron chi connectivity index (χ3n) is 2.12. The number of pyridine rings is 1. The summed E-state index contributed by atoms with van der Waals surface area (Å²) in [5.41, 5.74) is 0.774. The van der Waals surface area contributed by atoms with Gasteiger partial charge in [0.05, 0.1) is 6.20 Å². The highest BCUT2D eigenvalue weighted by atomic mass is 79.9. The van der Waals surface area contributed by atoms with Crippen molar-refractivity contribution in [1.29, 1.82) is 0 Å². The minimum Gasteiger partial charge on any atom is -0.487 e. The third-order valence-corrected chi connectivity index (χ3v) is 3.27. The maximum absolute atomic E-state index is 6.04. The van der Waals surface area contributed by atoms with Crippen LogP contribution in [0.15, 0.2) is 41.1 Å². The van der Waals surface area contributed by atoms with Crippen molar-refractivity contribution in [3.63, 3.8) is 0 Å². The van der Waals surface area contributed by atoms with Crippen LogP contribution in [0.2, 0.25) is 10.0 Å². The molecule has 0 amide bonds. The van der Waals surface area contributed by atoms with E-state index in [0.29, 0.717) is 22.4 Å². The van der Waals surface area contributed by atoms with Crippen LogP contribution in [0.5, 0.6) is 5.75 Å². The third kappa shape index (κ3) is 3.35. The zero-order chi connectivity index (χ0) is 12.3. The zero-order valence-corrected chi connectivity index (χ0v) is 11.8. The summed E-state index contributed by atoms with van der Waals surface area (Å²) in [6.07, 6.45) is 3.32. The zero-order valence-electron chi connectivity index (χ0n) is 8.66. The fraction of sp³-hybridized carbons (Fsp3) is 0.0833. The molecule has 0 aliphatic heterocycles. The number of nitrogens with zero attached hydrogens (tertiary/aromatic N) is 1. The molecule has 2 nitrogen and oxygen atoms in total. The molecule has 0 unspecified atom stereocenters. The van der Waals surface area contributed by atoms with Gasteiger partial charge in [0.15, 0.2) is 0 Å². The maximum atomic E-state index is 6.04. The Morgan fingerprint density at radius 3 is 2.53 bits per heavy atom. The molecule has 0 bridgehead atoms. The first-order valence-corrected chi connectivity index (χ1v) is 6.38. The minimum atomic E-state index is 0.316. The lowest BCUT2D eigenvalue weighted by atomic mass is 10.2. The number of hydrogen-bond acceptors (Lipinski definition) is 2. The van der Waals surface area contributed by atoms with Crippen LogP contribution in [0.4, 0.5) is 0 Å². The van der Waals surface area contributed by atoms with E-state index in [2.05, 4.69) is 20.9 Å². The van der Waals surface area contributed by atoms with Gasteiger partial charge in [-0.2, -0.15) is 0 Å². The molecule has 0 atom stereocenters. The molecule has 0 radical (unpaired) electrons. The second-order valence-corrected chi connectivity index (χ2v) is 5.06. The summed E-state index contributed by atoms with van der Waals surface area (Å²) in [5.74, 6) is 0.662. The van der Waals surface area contributed by atoms with Crippen LogP contribution in [0.1, 0.15) is 5.56 Å². The fourth-order valence-corrected chi connectivity index (χ4v) is 2.15. The summed E-state index contributed by atoms with van der Waals surface area (Å²) < 4.78 is 6.43. The Hall–Kier alpha value is -0.770.